The zero-order valence-electron chi connectivity index (χ0n) is 7.07. The molecule has 1 aromatic rings. The maximum absolute atomic E-state index is 5.95. The summed E-state index contributed by atoms with van der Waals surface area (Å²) in [6, 6.07) is 6.27. The molecule has 0 spiro atoms. The van der Waals surface area contributed by atoms with Crippen LogP contribution in [0, 0.1) is 0 Å². The normalized spacial score (nSPS) is 27.0. The Balaban J connectivity index is 2.44. The first kappa shape index (κ1) is 10.2. The van der Waals surface area contributed by atoms with Gasteiger partial charge in [0.15, 0.2) is 0 Å². The summed E-state index contributed by atoms with van der Waals surface area (Å²) in [5, 5.41) is 0.863. The molecule has 1 aliphatic carbocycles. The number of fused-ring (bicyclic) bond motifs is 1. The Bertz CT molecular complexity index is 325. The first-order valence-electron chi connectivity index (χ1n) is 4.33. The SMILES string of the molecule is Clc1ccc2c(c1)CCC([As])C2[As]. The van der Waals surface area contributed by atoms with E-state index in [1.807, 2.05) is 6.07 Å². The number of aryl methyl sites for hydroxylation is 1. The zero-order chi connectivity index (χ0) is 9.42. The summed E-state index contributed by atoms with van der Waals surface area (Å²) >= 11 is 11.5. The Morgan fingerprint density at radius 2 is 2.08 bits per heavy atom. The molecule has 0 heterocycles. The molecule has 1 aromatic carbocycles. The molecule has 2 atom stereocenters. The van der Waals surface area contributed by atoms with E-state index in [-0.39, 0.29) is 0 Å². The molecule has 13 heavy (non-hydrogen) atoms. The molecule has 1 aliphatic rings. The fourth-order valence-electron chi connectivity index (χ4n) is 1.75. The Hall–Kier alpha value is 0.627. The summed E-state index contributed by atoms with van der Waals surface area (Å²) < 4.78 is 1.33. The fraction of sp³-hybridized carbons (Fsp3) is 0.400. The molecule has 2 unspecified atom stereocenters. The third-order valence-corrected chi connectivity index (χ3v) is 6.35. The van der Waals surface area contributed by atoms with Crippen LogP contribution in [0.3, 0.4) is 0 Å². The van der Waals surface area contributed by atoms with Gasteiger partial charge >= 0.3 is 102 Å². The van der Waals surface area contributed by atoms with Gasteiger partial charge in [-0.2, -0.15) is 0 Å². The van der Waals surface area contributed by atoms with Crippen molar-refractivity contribution < 1.29 is 0 Å². The number of rotatable bonds is 0. The van der Waals surface area contributed by atoms with E-state index < -0.39 is 0 Å². The van der Waals surface area contributed by atoms with Crippen LogP contribution in [-0.2, 0) is 6.42 Å². The van der Waals surface area contributed by atoms with Crippen LogP contribution in [0.1, 0.15) is 22.3 Å². The summed E-state index contributed by atoms with van der Waals surface area (Å²) in [7, 11) is 0. The van der Waals surface area contributed by atoms with Crippen molar-refractivity contribution in [3.05, 3.63) is 34.3 Å². The van der Waals surface area contributed by atoms with Gasteiger partial charge in [0, 0.05) is 0 Å². The maximum atomic E-state index is 5.95. The summed E-state index contributed by atoms with van der Waals surface area (Å²) in [5.74, 6) is 0. The third-order valence-electron chi connectivity index (χ3n) is 2.50. The van der Waals surface area contributed by atoms with Crippen LogP contribution in [0.4, 0.5) is 0 Å². The van der Waals surface area contributed by atoms with Crippen LogP contribution in [-0.4, -0.2) is 33.7 Å². The van der Waals surface area contributed by atoms with Crippen LogP contribution >= 0.6 is 11.6 Å². The molecule has 0 N–H and O–H groups in total. The summed E-state index contributed by atoms with van der Waals surface area (Å²) in [6.07, 6.45) is 2.43. The summed E-state index contributed by atoms with van der Waals surface area (Å²) in [6.45, 7) is 0. The molecular formula is C10H9As2Cl. The second-order valence-electron chi connectivity index (χ2n) is 3.39. The fourth-order valence-corrected chi connectivity index (χ4v) is 3.39. The summed E-state index contributed by atoms with van der Waals surface area (Å²) in [4.78, 5) is 0. The number of hydrogen-bond acceptors (Lipinski definition) is 0. The molecule has 0 nitrogen and oxygen atoms in total. The predicted octanol–water partition coefficient (Wildman–Crippen LogP) is 2.45. The van der Waals surface area contributed by atoms with Crippen molar-refractivity contribution in [2.24, 2.45) is 0 Å². The first-order chi connectivity index (χ1) is 6.18. The minimum atomic E-state index is 0.605. The van der Waals surface area contributed by atoms with E-state index in [2.05, 4.69) is 45.8 Å². The number of halogens is 1. The molecular weight excluding hydrogens is 305 g/mol. The van der Waals surface area contributed by atoms with Crippen molar-refractivity contribution in [2.45, 2.75) is 22.3 Å². The van der Waals surface area contributed by atoms with E-state index in [0.29, 0.717) is 4.71 Å². The second-order valence-corrected chi connectivity index (χ2v) is 6.39. The number of benzene rings is 1. The average Bonchev–Trinajstić information content (AvgIpc) is 2.12. The molecule has 3 heteroatoms. The van der Waals surface area contributed by atoms with Crippen molar-refractivity contribution in [3.63, 3.8) is 0 Å². The quantitative estimate of drug-likeness (QED) is 0.645. The Kier molecular flexibility index (Phi) is 3.13. The molecule has 0 aromatic heterocycles. The van der Waals surface area contributed by atoms with Gasteiger partial charge in [-0.1, -0.05) is 0 Å². The van der Waals surface area contributed by atoms with Gasteiger partial charge < -0.3 is 0 Å². The Morgan fingerprint density at radius 3 is 2.85 bits per heavy atom. The average molecular weight is 314 g/mol. The molecule has 4 radical (unpaired) electrons. The van der Waals surface area contributed by atoms with Gasteiger partial charge in [-0.25, -0.2) is 0 Å². The molecule has 0 fully saturated rings. The first-order valence-corrected chi connectivity index (χ1v) is 6.87. The minimum absolute atomic E-state index is 0.605. The van der Waals surface area contributed by atoms with Crippen LogP contribution < -0.4 is 0 Å². The van der Waals surface area contributed by atoms with Crippen molar-refractivity contribution in [2.75, 3.05) is 0 Å². The second kappa shape index (κ2) is 4.01. The molecule has 0 saturated carbocycles. The van der Waals surface area contributed by atoms with Gasteiger partial charge in [0.2, 0.25) is 0 Å². The van der Waals surface area contributed by atoms with Gasteiger partial charge in [0.25, 0.3) is 0 Å². The molecule has 0 saturated heterocycles. The van der Waals surface area contributed by atoms with E-state index in [4.69, 9.17) is 11.6 Å². The van der Waals surface area contributed by atoms with Crippen LogP contribution in [0.15, 0.2) is 18.2 Å². The Morgan fingerprint density at radius 1 is 1.31 bits per heavy atom. The van der Waals surface area contributed by atoms with Crippen molar-refractivity contribution >= 4 is 45.3 Å². The van der Waals surface area contributed by atoms with Gasteiger partial charge in [-0.3, -0.25) is 0 Å². The van der Waals surface area contributed by atoms with E-state index in [9.17, 15) is 0 Å². The molecule has 66 valence electrons. The standard InChI is InChI=1S/C10H9As2Cl/c11-9-4-1-6-5-7(13)2-3-8(6)10(9)12/h2-3,5,9-10H,1,4H2. The molecule has 2 rings (SSSR count). The van der Waals surface area contributed by atoms with Gasteiger partial charge in [0.05, 0.1) is 0 Å². The van der Waals surface area contributed by atoms with Crippen LogP contribution in [0.2, 0.25) is 9.73 Å². The van der Waals surface area contributed by atoms with Gasteiger partial charge in [-0.15, -0.1) is 0 Å². The summed E-state index contributed by atoms with van der Waals surface area (Å²) in [5.41, 5.74) is 2.89. The third kappa shape index (κ3) is 2.01. The van der Waals surface area contributed by atoms with Gasteiger partial charge in [0.1, 0.15) is 0 Å². The van der Waals surface area contributed by atoms with Crippen molar-refractivity contribution in [1.29, 1.82) is 0 Å². The topological polar surface area (TPSA) is 0 Å². The Labute approximate surface area is 101 Å². The monoisotopic (exact) mass is 314 g/mol. The van der Waals surface area contributed by atoms with E-state index >= 15 is 0 Å². The predicted molar refractivity (Wildman–Crippen MR) is 57.8 cm³/mol. The van der Waals surface area contributed by atoms with Gasteiger partial charge in [-0.05, 0) is 0 Å². The van der Waals surface area contributed by atoms with Crippen LogP contribution in [0.5, 0.6) is 0 Å². The van der Waals surface area contributed by atoms with E-state index in [1.165, 1.54) is 24.0 Å². The van der Waals surface area contributed by atoms with E-state index in [0.717, 1.165) is 9.73 Å². The van der Waals surface area contributed by atoms with Crippen molar-refractivity contribution in [1.82, 2.24) is 0 Å². The molecule has 0 amide bonds. The van der Waals surface area contributed by atoms with E-state index in [1.54, 1.807) is 0 Å². The number of hydrogen-bond donors (Lipinski definition) is 0. The molecule has 0 aliphatic heterocycles. The zero-order valence-corrected chi connectivity index (χ0v) is 11.6. The van der Waals surface area contributed by atoms with Crippen LogP contribution in [0.25, 0.3) is 0 Å². The van der Waals surface area contributed by atoms with Crippen molar-refractivity contribution in [3.8, 4) is 0 Å². The molecule has 0 bridgehead atoms.